The van der Waals surface area contributed by atoms with Crippen LogP contribution in [0.1, 0.15) is 32.6 Å². The van der Waals surface area contributed by atoms with E-state index < -0.39 is 15.7 Å². The first kappa shape index (κ1) is 25.2. The molecule has 1 amide bonds. The highest BCUT2D eigenvalue weighted by molar-refractivity contribution is 7.90. The number of hydrogen-bond donors (Lipinski definition) is 2. The molecule has 1 aliphatic carbocycles. The van der Waals surface area contributed by atoms with Gasteiger partial charge in [-0.15, -0.1) is 0 Å². The summed E-state index contributed by atoms with van der Waals surface area (Å²) in [5, 5.41) is 2.85. The Bertz CT molecular complexity index is 1140. The van der Waals surface area contributed by atoms with Gasteiger partial charge in [0.2, 0.25) is 0 Å². The molecule has 35 heavy (non-hydrogen) atoms. The zero-order valence-electron chi connectivity index (χ0n) is 20.0. The minimum atomic E-state index is -3.53. The number of morpholine rings is 1. The third-order valence-electron chi connectivity index (χ3n) is 6.34. The number of ether oxygens (including phenoxy) is 3. The van der Waals surface area contributed by atoms with Gasteiger partial charge in [-0.3, -0.25) is 9.89 Å². The van der Waals surface area contributed by atoms with Crippen LogP contribution < -0.4 is 11.1 Å². The summed E-state index contributed by atoms with van der Waals surface area (Å²) in [6.07, 6.45) is 3.42. The molecule has 1 saturated carbocycles. The van der Waals surface area contributed by atoms with Crippen LogP contribution in [-0.2, 0) is 24.0 Å². The number of anilines is 1. The molecule has 0 radical (unpaired) electrons. The van der Waals surface area contributed by atoms with Crippen molar-refractivity contribution in [2.45, 2.75) is 61.8 Å². The Balaban J connectivity index is 1.43. The largest absolute Gasteiger partial charge is 0.476 e. The summed E-state index contributed by atoms with van der Waals surface area (Å²) in [6.45, 7) is 2.51. The van der Waals surface area contributed by atoms with Crippen molar-refractivity contribution in [1.29, 1.82) is 0 Å². The zero-order chi connectivity index (χ0) is 25.3. The Hall–Kier alpha value is -2.86. The maximum Gasteiger partial charge on any atom is 0.410 e. The van der Waals surface area contributed by atoms with Crippen LogP contribution in [0.3, 0.4) is 0 Å². The van der Waals surface area contributed by atoms with E-state index in [1.807, 2.05) is 0 Å². The Labute approximate surface area is 204 Å². The molecule has 2 atom stereocenters. The van der Waals surface area contributed by atoms with E-state index in [-0.39, 0.29) is 52.7 Å². The first-order chi connectivity index (χ1) is 16.6. The van der Waals surface area contributed by atoms with Crippen LogP contribution in [0.15, 0.2) is 39.5 Å². The van der Waals surface area contributed by atoms with Gasteiger partial charge in [0.15, 0.2) is 15.7 Å². The van der Waals surface area contributed by atoms with E-state index in [4.69, 9.17) is 19.9 Å². The molecule has 192 valence electrons. The molecule has 2 bridgehead atoms. The Morgan fingerprint density at radius 2 is 1.86 bits per heavy atom. The number of carbonyl (C=O) groups is 1. The van der Waals surface area contributed by atoms with Gasteiger partial charge in [0.25, 0.3) is 0 Å². The molecule has 12 heteroatoms. The van der Waals surface area contributed by atoms with Crippen molar-refractivity contribution >= 4 is 27.5 Å². The monoisotopic (exact) mass is 510 g/mol. The van der Waals surface area contributed by atoms with Crippen LogP contribution >= 0.6 is 0 Å². The quantitative estimate of drug-likeness (QED) is 0.339. The molecular formula is C23H31FN4O6S. The Morgan fingerprint density at radius 1 is 1.20 bits per heavy atom. The number of nitrogens with zero attached hydrogens (tertiary/aromatic N) is 2. The van der Waals surface area contributed by atoms with Crippen LogP contribution in [-0.4, -0.2) is 76.1 Å². The number of fused-ring (bicyclic) bond motifs is 2. The van der Waals surface area contributed by atoms with Crippen LogP contribution in [0.2, 0.25) is 0 Å². The Morgan fingerprint density at radius 3 is 2.40 bits per heavy atom. The van der Waals surface area contributed by atoms with Crippen LogP contribution in [0, 0.1) is 5.82 Å². The molecule has 1 aromatic carbocycles. The van der Waals surface area contributed by atoms with E-state index in [0.29, 0.717) is 31.6 Å². The van der Waals surface area contributed by atoms with Gasteiger partial charge in [0.1, 0.15) is 23.9 Å². The first-order valence-corrected chi connectivity index (χ1v) is 13.4. The highest BCUT2D eigenvalue weighted by Gasteiger charge is 2.44. The van der Waals surface area contributed by atoms with Crippen molar-refractivity contribution in [2.24, 2.45) is 10.7 Å². The fraction of sp³-hybridized carbons (Fsp3) is 0.565. The summed E-state index contributed by atoms with van der Waals surface area (Å²) in [7, 11) is -2.01. The summed E-state index contributed by atoms with van der Waals surface area (Å²) < 4.78 is 55.0. The highest BCUT2D eigenvalue weighted by atomic mass is 32.2. The number of amidine groups is 1. The Kier molecular flexibility index (Phi) is 7.22. The number of benzene rings is 1. The van der Waals surface area contributed by atoms with E-state index in [0.717, 1.165) is 25.2 Å². The molecule has 1 aromatic rings. The lowest BCUT2D eigenvalue weighted by Crippen LogP contribution is -2.60. The summed E-state index contributed by atoms with van der Waals surface area (Å²) in [6, 6.07) is 3.28. The van der Waals surface area contributed by atoms with Gasteiger partial charge in [-0.05, 0) is 38.0 Å². The topological polar surface area (TPSA) is 133 Å². The number of nitrogens with two attached hydrogens (primary N) is 1. The number of amides is 1. The number of sulfone groups is 1. The summed E-state index contributed by atoms with van der Waals surface area (Å²) >= 11 is 0. The lowest BCUT2D eigenvalue weighted by atomic mass is 9.92. The summed E-state index contributed by atoms with van der Waals surface area (Å²) in [5.41, 5.74) is 6.77. The second-order valence-corrected chi connectivity index (χ2v) is 11.2. The third kappa shape index (κ3) is 5.87. The summed E-state index contributed by atoms with van der Waals surface area (Å²) in [5.74, 6) is -0.327. The highest BCUT2D eigenvalue weighted by Crippen LogP contribution is 2.33. The van der Waals surface area contributed by atoms with Crippen molar-refractivity contribution in [2.75, 3.05) is 31.8 Å². The summed E-state index contributed by atoms with van der Waals surface area (Å²) in [4.78, 5) is 18.4. The number of carbonyl (C=O) groups excluding carboxylic acids is 1. The van der Waals surface area contributed by atoms with Crippen molar-refractivity contribution in [3.05, 3.63) is 35.5 Å². The molecule has 2 aliphatic heterocycles. The van der Waals surface area contributed by atoms with Gasteiger partial charge in [-0.25, -0.2) is 17.6 Å². The van der Waals surface area contributed by atoms with E-state index in [1.165, 1.54) is 19.2 Å². The fourth-order valence-electron chi connectivity index (χ4n) is 4.31. The lowest BCUT2D eigenvalue weighted by Gasteiger charge is -2.47. The number of piperidine rings is 1. The molecule has 4 rings (SSSR count). The van der Waals surface area contributed by atoms with Gasteiger partial charge >= 0.3 is 6.09 Å². The molecule has 0 aromatic heterocycles. The predicted octanol–water partition coefficient (Wildman–Crippen LogP) is 2.41. The van der Waals surface area contributed by atoms with E-state index in [2.05, 4.69) is 10.3 Å². The van der Waals surface area contributed by atoms with Gasteiger partial charge < -0.3 is 25.3 Å². The molecule has 2 saturated heterocycles. The standard InChI is InChI=1S/C23H31FN4O6S/c1-13(22(26-2)27-20-7-6-18(10-19(20)24)35(3,30)31)21(25)33-17-8-14-11-32-12-15(9-17)28(14)23(29)34-16-4-5-16/h6-7,10,14-17H,4-5,8-9,11-12,25H2,1-3H3,(H,26,27). The second-order valence-electron chi connectivity index (χ2n) is 9.15. The van der Waals surface area contributed by atoms with Crippen molar-refractivity contribution in [1.82, 2.24) is 4.90 Å². The lowest BCUT2D eigenvalue weighted by molar-refractivity contribution is -0.101. The van der Waals surface area contributed by atoms with Crippen LogP contribution in [0.25, 0.3) is 0 Å². The average molecular weight is 511 g/mol. The van der Waals surface area contributed by atoms with Gasteiger partial charge in [-0.1, -0.05) is 0 Å². The molecular weight excluding hydrogens is 479 g/mol. The minimum Gasteiger partial charge on any atom is -0.476 e. The van der Waals surface area contributed by atoms with Crippen molar-refractivity contribution in [3.8, 4) is 0 Å². The van der Waals surface area contributed by atoms with E-state index in [9.17, 15) is 17.6 Å². The molecule has 2 heterocycles. The molecule has 10 nitrogen and oxygen atoms in total. The van der Waals surface area contributed by atoms with Gasteiger partial charge in [-0.2, -0.15) is 0 Å². The molecule has 2 unspecified atom stereocenters. The maximum atomic E-state index is 14.5. The zero-order valence-corrected chi connectivity index (χ0v) is 20.8. The smallest absolute Gasteiger partial charge is 0.410 e. The number of aliphatic imine (C=N–C) groups is 1. The van der Waals surface area contributed by atoms with Crippen molar-refractivity contribution in [3.63, 3.8) is 0 Å². The molecule has 3 aliphatic rings. The van der Waals surface area contributed by atoms with Gasteiger partial charge in [0, 0.05) is 26.1 Å². The van der Waals surface area contributed by atoms with Crippen molar-refractivity contribution < 1.29 is 31.8 Å². The first-order valence-electron chi connectivity index (χ1n) is 11.5. The second kappa shape index (κ2) is 10.0. The normalized spacial score (nSPS) is 25.5. The number of rotatable bonds is 6. The third-order valence-corrected chi connectivity index (χ3v) is 7.45. The average Bonchev–Trinajstić information content (AvgIpc) is 3.60. The predicted molar refractivity (Wildman–Crippen MR) is 127 cm³/mol. The van der Waals surface area contributed by atoms with E-state index >= 15 is 0 Å². The van der Waals surface area contributed by atoms with Gasteiger partial charge in [0.05, 0.1) is 41.5 Å². The fourth-order valence-corrected chi connectivity index (χ4v) is 4.94. The number of halogens is 1. The number of hydrogen-bond acceptors (Lipinski definition) is 8. The van der Waals surface area contributed by atoms with E-state index in [1.54, 1.807) is 11.8 Å². The SMILES string of the molecule is CN=C(Nc1ccc(S(C)(=O)=O)cc1F)C(C)=C(N)OC1CC2COCC(C1)N2C(=O)OC1CC1. The van der Waals surface area contributed by atoms with Crippen LogP contribution in [0.4, 0.5) is 14.9 Å². The maximum absolute atomic E-state index is 14.5. The molecule has 3 fully saturated rings. The van der Waals surface area contributed by atoms with Crippen LogP contribution in [0.5, 0.6) is 0 Å². The molecule has 3 N–H and O–H groups in total. The minimum absolute atomic E-state index is 0.0333. The number of nitrogens with one attached hydrogen (secondary N) is 1. The molecule has 0 spiro atoms.